The van der Waals surface area contributed by atoms with Crippen molar-refractivity contribution in [1.29, 1.82) is 0 Å². The van der Waals surface area contributed by atoms with Crippen molar-refractivity contribution >= 4 is 11.6 Å². The average molecular weight is 234 g/mol. The number of rotatable bonds is 6. The number of ether oxygens (including phenoxy) is 1. The topological polar surface area (TPSA) is 12.5 Å². The monoisotopic (exact) mass is 233 g/mol. The van der Waals surface area contributed by atoms with E-state index in [1.807, 2.05) is 7.11 Å². The summed E-state index contributed by atoms with van der Waals surface area (Å²) in [4.78, 5) is 2.56. The van der Waals surface area contributed by atoms with Crippen LogP contribution in [-0.4, -0.2) is 43.6 Å². The van der Waals surface area contributed by atoms with Crippen molar-refractivity contribution in [2.75, 3.05) is 32.6 Å². The molecule has 0 amide bonds. The van der Waals surface area contributed by atoms with Crippen molar-refractivity contribution in [3.8, 4) is 0 Å². The Morgan fingerprint density at radius 3 is 2.53 bits per heavy atom. The second kappa shape index (κ2) is 7.48. The summed E-state index contributed by atoms with van der Waals surface area (Å²) in [5, 5.41) is 0. The van der Waals surface area contributed by atoms with Gasteiger partial charge < -0.3 is 9.64 Å². The largest absolute Gasteiger partial charge is 0.381 e. The Bertz CT molecular complexity index is 158. The number of nitrogens with zero attached hydrogens (tertiary/aromatic N) is 1. The third-order valence-electron chi connectivity index (χ3n) is 3.41. The molecule has 15 heavy (non-hydrogen) atoms. The molecule has 0 aromatic carbocycles. The summed E-state index contributed by atoms with van der Waals surface area (Å²) < 4.78 is 5.36. The molecule has 1 heterocycles. The molecule has 1 aliphatic heterocycles. The number of likely N-dealkylation sites (tertiary alicyclic amines) is 1. The molecule has 0 radical (unpaired) electrons. The van der Waals surface area contributed by atoms with Gasteiger partial charge in [0.25, 0.3) is 0 Å². The Balaban J connectivity index is 2.08. The number of hydrogen-bond acceptors (Lipinski definition) is 2. The van der Waals surface area contributed by atoms with Crippen LogP contribution < -0.4 is 0 Å². The SMILES string of the molecule is COC1CCN(CCC(C)CCCl)CC1. The Morgan fingerprint density at radius 2 is 2.00 bits per heavy atom. The van der Waals surface area contributed by atoms with Crippen LogP contribution in [0.25, 0.3) is 0 Å². The lowest BCUT2D eigenvalue weighted by Crippen LogP contribution is -2.37. The molecule has 1 atom stereocenters. The van der Waals surface area contributed by atoms with E-state index in [1.165, 1.54) is 38.9 Å². The average Bonchev–Trinajstić information content (AvgIpc) is 2.27. The molecule has 0 spiro atoms. The Labute approximate surface area is 98.9 Å². The van der Waals surface area contributed by atoms with Crippen LogP contribution in [0.3, 0.4) is 0 Å². The Morgan fingerprint density at radius 1 is 1.33 bits per heavy atom. The van der Waals surface area contributed by atoms with Crippen molar-refractivity contribution in [1.82, 2.24) is 4.90 Å². The smallest absolute Gasteiger partial charge is 0.0595 e. The number of hydrogen-bond donors (Lipinski definition) is 0. The zero-order chi connectivity index (χ0) is 11.1. The fraction of sp³-hybridized carbons (Fsp3) is 1.00. The lowest BCUT2D eigenvalue weighted by molar-refractivity contribution is 0.0398. The van der Waals surface area contributed by atoms with Gasteiger partial charge in [-0.2, -0.15) is 0 Å². The van der Waals surface area contributed by atoms with Crippen LogP contribution in [0.5, 0.6) is 0 Å². The van der Waals surface area contributed by atoms with Crippen molar-refractivity contribution in [2.45, 2.75) is 38.7 Å². The van der Waals surface area contributed by atoms with Crippen molar-refractivity contribution < 1.29 is 4.74 Å². The number of halogens is 1. The van der Waals surface area contributed by atoms with E-state index in [1.54, 1.807) is 0 Å². The molecule has 0 bridgehead atoms. The predicted octanol–water partition coefficient (Wildman–Crippen LogP) is 2.75. The normalized spacial score (nSPS) is 21.8. The first kappa shape index (κ1) is 13.3. The van der Waals surface area contributed by atoms with Crippen LogP contribution in [0.1, 0.15) is 32.6 Å². The van der Waals surface area contributed by atoms with Crippen molar-refractivity contribution in [3.05, 3.63) is 0 Å². The zero-order valence-electron chi connectivity index (χ0n) is 10.0. The second-order valence-electron chi connectivity index (χ2n) is 4.65. The first-order valence-corrected chi connectivity index (χ1v) is 6.60. The number of methoxy groups -OCH3 is 1. The third-order valence-corrected chi connectivity index (χ3v) is 3.63. The summed E-state index contributed by atoms with van der Waals surface area (Å²) in [6, 6.07) is 0. The van der Waals surface area contributed by atoms with Gasteiger partial charge in [0.05, 0.1) is 6.10 Å². The van der Waals surface area contributed by atoms with Gasteiger partial charge >= 0.3 is 0 Å². The maximum atomic E-state index is 5.73. The second-order valence-corrected chi connectivity index (χ2v) is 5.03. The third kappa shape index (κ3) is 5.19. The van der Waals surface area contributed by atoms with Gasteiger partial charge in [-0.3, -0.25) is 0 Å². The Hall–Kier alpha value is 0.210. The van der Waals surface area contributed by atoms with Crippen LogP contribution in [0.15, 0.2) is 0 Å². The highest BCUT2D eigenvalue weighted by Crippen LogP contribution is 2.15. The summed E-state index contributed by atoms with van der Waals surface area (Å²) in [6.07, 6.45) is 5.32. The molecular weight excluding hydrogens is 210 g/mol. The number of alkyl halides is 1. The fourth-order valence-electron chi connectivity index (χ4n) is 2.10. The lowest BCUT2D eigenvalue weighted by atomic mass is 10.0. The van der Waals surface area contributed by atoms with Crippen molar-refractivity contribution in [2.24, 2.45) is 5.92 Å². The van der Waals surface area contributed by atoms with Gasteiger partial charge in [0.15, 0.2) is 0 Å². The van der Waals surface area contributed by atoms with Crippen LogP contribution in [-0.2, 0) is 4.74 Å². The van der Waals surface area contributed by atoms with E-state index in [0.717, 1.165) is 18.2 Å². The highest BCUT2D eigenvalue weighted by Gasteiger charge is 2.18. The molecule has 0 aliphatic carbocycles. The molecule has 0 N–H and O–H groups in total. The first-order chi connectivity index (χ1) is 7.26. The van der Waals surface area contributed by atoms with E-state index in [4.69, 9.17) is 16.3 Å². The van der Waals surface area contributed by atoms with Gasteiger partial charge in [0, 0.05) is 26.1 Å². The van der Waals surface area contributed by atoms with Gasteiger partial charge in [0.2, 0.25) is 0 Å². The van der Waals surface area contributed by atoms with Crippen LogP contribution >= 0.6 is 11.6 Å². The molecule has 3 heteroatoms. The fourth-order valence-corrected chi connectivity index (χ4v) is 2.47. The molecule has 1 fully saturated rings. The van der Waals surface area contributed by atoms with Gasteiger partial charge in [-0.05, 0) is 38.1 Å². The summed E-state index contributed by atoms with van der Waals surface area (Å²) >= 11 is 5.73. The minimum atomic E-state index is 0.501. The summed E-state index contributed by atoms with van der Waals surface area (Å²) in [5.41, 5.74) is 0. The first-order valence-electron chi connectivity index (χ1n) is 6.07. The standard InChI is InChI=1S/C12H24ClNO/c1-11(3-7-13)4-8-14-9-5-12(15-2)6-10-14/h11-12H,3-10H2,1-2H3. The number of piperidine rings is 1. The van der Waals surface area contributed by atoms with E-state index in [-0.39, 0.29) is 0 Å². The molecule has 90 valence electrons. The van der Waals surface area contributed by atoms with Gasteiger partial charge in [-0.15, -0.1) is 11.6 Å². The molecule has 1 rings (SSSR count). The van der Waals surface area contributed by atoms with Gasteiger partial charge in [-0.1, -0.05) is 6.92 Å². The van der Waals surface area contributed by atoms with E-state index >= 15 is 0 Å². The molecule has 0 aromatic rings. The highest BCUT2D eigenvalue weighted by atomic mass is 35.5. The van der Waals surface area contributed by atoms with Crippen LogP contribution in [0.2, 0.25) is 0 Å². The van der Waals surface area contributed by atoms with Gasteiger partial charge in [0.1, 0.15) is 0 Å². The van der Waals surface area contributed by atoms with E-state index < -0.39 is 0 Å². The molecule has 1 saturated heterocycles. The maximum absolute atomic E-state index is 5.73. The zero-order valence-corrected chi connectivity index (χ0v) is 10.8. The van der Waals surface area contributed by atoms with Crippen LogP contribution in [0, 0.1) is 5.92 Å². The highest BCUT2D eigenvalue weighted by molar-refractivity contribution is 6.17. The molecule has 1 unspecified atom stereocenters. The summed E-state index contributed by atoms with van der Waals surface area (Å²) in [6.45, 7) is 5.93. The quantitative estimate of drug-likeness (QED) is 0.655. The summed E-state index contributed by atoms with van der Waals surface area (Å²) in [7, 11) is 1.82. The van der Waals surface area contributed by atoms with Gasteiger partial charge in [-0.25, -0.2) is 0 Å². The molecular formula is C12H24ClNO. The maximum Gasteiger partial charge on any atom is 0.0595 e. The predicted molar refractivity (Wildman–Crippen MR) is 65.6 cm³/mol. The van der Waals surface area contributed by atoms with E-state index in [9.17, 15) is 0 Å². The van der Waals surface area contributed by atoms with E-state index in [2.05, 4.69) is 11.8 Å². The molecule has 2 nitrogen and oxygen atoms in total. The lowest BCUT2D eigenvalue weighted by Gasteiger charge is -2.31. The minimum absolute atomic E-state index is 0.501. The molecule has 0 saturated carbocycles. The Kier molecular flexibility index (Phi) is 6.62. The van der Waals surface area contributed by atoms with Crippen molar-refractivity contribution in [3.63, 3.8) is 0 Å². The molecule has 0 aromatic heterocycles. The van der Waals surface area contributed by atoms with Crippen LogP contribution in [0.4, 0.5) is 0 Å². The van der Waals surface area contributed by atoms with E-state index in [0.29, 0.717) is 6.10 Å². The minimum Gasteiger partial charge on any atom is -0.381 e. The summed E-state index contributed by atoms with van der Waals surface area (Å²) in [5.74, 6) is 1.56. The molecule has 1 aliphatic rings.